The highest BCUT2D eigenvalue weighted by molar-refractivity contribution is 5.94. The zero-order valence-electron chi connectivity index (χ0n) is 9.53. The van der Waals surface area contributed by atoms with Gasteiger partial charge in [0.15, 0.2) is 0 Å². The maximum Gasteiger partial charge on any atom is 0.337 e. The number of aromatic carboxylic acids is 1. The van der Waals surface area contributed by atoms with Gasteiger partial charge in [0.2, 0.25) is 0 Å². The van der Waals surface area contributed by atoms with Crippen molar-refractivity contribution in [2.75, 3.05) is 18.0 Å². The van der Waals surface area contributed by atoms with E-state index in [9.17, 15) is 4.79 Å². The molecular weight excluding hydrogens is 202 g/mol. The van der Waals surface area contributed by atoms with Crippen molar-refractivity contribution in [1.29, 1.82) is 0 Å². The first-order chi connectivity index (χ1) is 7.60. The summed E-state index contributed by atoms with van der Waals surface area (Å²) >= 11 is 0. The highest BCUT2D eigenvalue weighted by Crippen LogP contribution is 2.22. The lowest BCUT2D eigenvalue weighted by atomic mass is 10.1. The summed E-state index contributed by atoms with van der Waals surface area (Å²) in [5.41, 5.74) is 2.01. The molecule has 1 rings (SSSR count). The number of terminal acetylenes is 1. The van der Waals surface area contributed by atoms with E-state index in [1.54, 1.807) is 12.1 Å². The van der Waals surface area contributed by atoms with Gasteiger partial charge in [-0.25, -0.2) is 4.79 Å². The van der Waals surface area contributed by atoms with Gasteiger partial charge in [0.05, 0.1) is 17.8 Å². The minimum Gasteiger partial charge on any atom is -0.478 e. The van der Waals surface area contributed by atoms with Gasteiger partial charge in [0, 0.05) is 6.54 Å². The first-order valence-corrected chi connectivity index (χ1v) is 5.12. The molecule has 0 aromatic heterocycles. The molecule has 3 heteroatoms. The van der Waals surface area contributed by atoms with E-state index >= 15 is 0 Å². The van der Waals surface area contributed by atoms with Gasteiger partial charge in [0.1, 0.15) is 0 Å². The molecule has 0 unspecified atom stereocenters. The first kappa shape index (κ1) is 12.1. The van der Waals surface area contributed by atoms with Gasteiger partial charge in [0.25, 0.3) is 0 Å². The van der Waals surface area contributed by atoms with Crippen LogP contribution in [0.5, 0.6) is 0 Å². The van der Waals surface area contributed by atoms with Crippen LogP contribution in [0.1, 0.15) is 22.8 Å². The predicted molar refractivity (Wildman–Crippen MR) is 64.9 cm³/mol. The summed E-state index contributed by atoms with van der Waals surface area (Å²) in [6.07, 6.45) is 5.27. The molecule has 0 aliphatic carbocycles. The molecule has 0 saturated heterocycles. The molecule has 16 heavy (non-hydrogen) atoms. The first-order valence-electron chi connectivity index (χ1n) is 5.12. The lowest BCUT2D eigenvalue weighted by Crippen LogP contribution is -2.25. The van der Waals surface area contributed by atoms with Gasteiger partial charge < -0.3 is 10.0 Å². The van der Waals surface area contributed by atoms with Crippen molar-refractivity contribution in [2.45, 2.75) is 13.8 Å². The number of aryl methyl sites for hydroxylation is 1. The number of carbonyl (C=O) groups is 1. The SMILES string of the molecule is C#CCN(CC)c1cc(C)ccc1C(=O)O. The van der Waals surface area contributed by atoms with Crippen LogP contribution in [0.3, 0.4) is 0 Å². The van der Waals surface area contributed by atoms with E-state index in [4.69, 9.17) is 11.5 Å². The summed E-state index contributed by atoms with van der Waals surface area (Å²) in [4.78, 5) is 13.0. The quantitative estimate of drug-likeness (QED) is 0.786. The van der Waals surface area contributed by atoms with Gasteiger partial charge >= 0.3 is 5.97 Å². The molecule has 0 atom stereocenters. The number of nitrogens with zero attached hydrogens (tertiary/aromatic N) is 1. The molecule has 0 aliphatic rings. The van der Waals surface area contributed by atoms with Crippen molar-refractivity contribution in [1.82, 2.24) is 0 Å². The Morgan fingerprint density at radius 1 is 1.56 bits per heavy atom. The minimum absolute atomic E-state index is 0.294. The van der Waals surface area contributed by atoms with Crippen molar-refractivity contribution >= 4 is 11.7 Å². The van der Waals surface area contributed by atoms with Gasteiger partial charge in [-0.05, 0) is 31.5 Å². The summed E-state index contributed by atoms with van der Waals surface area (Å²) < 4.78 is 0. The van der Waals surface area contributed by atoms with Crippen molar-refractivity contribution in [3.05, 3.63) is 29.3 Å². The van der Waals surface area contributed by atoms with E-state index in [1.165, 1.54) is 0 Å². The Morgan fingerprint density at radius 2 is 2.25 bits per heavy atom. The second-order valence-electron chi connectivity index (χ2n) is 3.54. The van der Waals surface area contributed by atoms with Crippen LogP contribution in [0.2, 0.25) is 0 Å². The summed E-state index contributed by atoms with van der Waals surface area (Å²) in [6.45, 7) is 4.98. The molecule has 1 N–H and O–H groups in total. The Morgan fingerprint density at radius 3 is 2.75 bits per heavy atom. The van der Waals surface area contributed by atoms with Crippen LogP contribution in [-0.4, -0.2) is 24.2 Å². The topological polar surface area (TPSA) is 40.5 Å². The van der Waals surface area contributed by atoms with E-state index in [1.807, 2.05) is 24.8 Å². The van der Waals surface area contributed by atoms with Crippen LogP contribution in [0.25, 0.3) is 0 Å². The standard InChI is InChI=1S/C13H15NO2/c1-4-8-14(5-2)12-9-10(3)6-7-11(12)13(15)16/h1,6-7,9H,5,8H2,2-3H3,(H,15,16). The Labute approximate surface area is 95.7 Å². The third kappa shape index (κ3) is 2.54. The molecule has 0 radical (unpaired) electrons. The summed E-state index contributed by atoms with van der Waals surface area (Å²) in [5.74, 6) is 1.61. The zero-order valence-corrected chi connectivity index (χ0v) is 9.53. The lowest BCUT2D eigenvalue weighted by Gasteiger charge is -2.22. The second-order valence-corrected chi connectivity index (χ2v) is 3.54. The highest BCUT2D eigenvalue weighted by Gasteiger charge is 2.14. The number of carboxylic acid groups (broad SMARTS) is 1. The third-order valence-electron chi connectivity index (χ3n) is 2.39. The summed E-state index contributed by atoms with van der Waals surface area (Å²) in [5, 5.41) is 9.09. The van der Waals surface area contributed by atoms with Crippen LogP contribution in [0, 0.1) is 19.3 Å². The molecule has 0 spiro atoms. The van der Waals surface area contributed by atoms with Gasteiger partial charge in [-0.1, -0.05) is 12.0 Å². The van der Waals surface area contributed by atoms with Crippen LogP contribution in [-0.2, 0) is 0 Å². The summed E-state index contributed by atoms with van der Waals surface area (Å²) in [7, 11) is 0. The maximum absolute atomic E-state index is 11.1. The lowest BCUT2D eigenvalue weighted by molar-refractivity contribution is 0.0697. The molecule has 3 nitrogen and oxygen atoms in total. The van der Waals surface area contributed by atoms with Gasteiger partial charge in [-0.15, -0.1) is 6.42 Å². The fourth-order valence-corrected chi connectivity index (χ4v) is 1.56. The molecule has 0 saturated carbocycles. The average molecular weight is 217 g/mol. The van der Waals surface area contributed by atoms with Crippen molar-refractivity contribution < 1.29 is 9.90 Å². The van der Waals surface area contributed by atoms with Crippen LogP contribution in [0.15, 0.2) is 18.2 Å². The maximum atomic E-state index is 11.1. The van der Waals surface area contributed by atoms with Crippen molar-refractivity contribution in [2.24, 2.45) is 0 Å². The monoisotopic (exact) mass is 217 g/mol. The van der Waals surface area contributed by atoms with Crippen molar-refractivity contribution in [3.63, 3.8) is 0 Å². The van der Waals surface area contributed by atoms with E-state index in [2.05, 4.69) is 5.92 Å². The zero-order chi connectivity index (χ0) is 12.1. The fourth-order valence-electron chi connectivity index (χ4n) is 1.56. The van der Waals surface area contributed by atoms with Crippen LogP contribution >= 0.6 is 0 Å². The molecule has 0 heterocycles. The van der Waals surface area contributed by atoms with E-state index in [0.717, 1.165) is 5.56 Å². The number of carboxylic acids is 1. The Hall–Kier alpha value is -1.95. The van der Waals surface area contributed by atoms with E-state index in [-0.39, 0.29) is 0 Å². The third-order valence-corrected chi connectivity index (χ3v) is 2.39. The normalized spacial score (nSPS) is 9.56. The number of rotatable bonds is 4. The molecule has 0 amide bonds. The summed E-state index contributed by atoms with van der Waals surface area (Å²) in [6, 6.07) is 5.26. The largest absolute Gasteiger partial charge is 0.478 e. The molecular formula is C13H15NO2. The molecule has 0 aliphatic heterocycles. The number of hydrogen-bond donors (Lipinski definition) is 1. The number of hydrogen-bond acceptors (Lipinski definition) is 2. The molecule has 1 aromatic carbocycles. The fraction of sp³-hybridized carbons (Fsp3) is 0.308. The Bertz CT molecular complexity index is 432. The van der Waals surface area contributed by atoms with Gasteiger partial charge in [-0.2, -0.15) is 0 Å². The van der Waals surface area contributed by atoms with Crippen LogP contribution < -0.4 is 4.90 Å². The highest BCUT2D eigenvalue weighted by atomic mass is 16.4. The Kier molecular flexibility index (Phi) is 3.96. The average Bonchev–Trinajstić information content (AvgIpc) is 2.25. The van der Waals surface area contributed by atoms with Crippen molar-refractivity contribution in [3.8, 4) is 12.3 Å². The van der Waals surface area contributed by atoms with Gasteiger partial charge in [-0.3, -0.25) is 0 Å². The second kappa shape index (κ2) is 5.22. The minimum atomic E-state index is -0.925. The van der Waals surface area contributed by atoms with E-state index < -0.39 is 5.97 Å². The number of benzene rings is 1. The molecule has 84 valence electrons. The van der Waals surface area contributed by atoms with E-state index in [0.29, 0.717) is 24.3 Å². The predicted octanol–water partition coefficient (Wildman–Crippen LogP) is 2.15. The molecule has 0 bridgehead atoms. The molecule has 1 aromatic rings. The molecule has 0 fully saturated rings. The smallest absolute Gasteiger partial charge is 0.337 e. The van der Waals surface area contributed by atoms with Crippen LogP contribution in [0.4, 0.5) is 5.69 Å². The Balaban J connectivity index is 3.23. The number of anilines is 1.